The molecule has 1 aromatic heterocycles. The Balaban J connectivity index is 1.71. The van der Waals surface area contributed by atoms with Gasteiger partial charge in [-0.05, 0) is 65.5 Å². The summed E-state index contributed by atoms with van der Waals surface area (Å²) >= 11 is 3.63. The SMILES string of the molecule is COc1cc(OC)c(Br)c(-n2c(C(C)N(CCC(C)C)C(=O)c3ccc4c(c3)OCO4)nc3ccccc3c2=O)c1. The lowest BCUT2D eigenvalue weighted by Crippen LogP contribution is -2.38. The third-order valence-electron chi connectivity index (χ3n) is 7.16. The molecule has 0 radical (unpaired) electrons. The van der Waals surface area contributed by atoms with E-state index in [1.54, 1.807) is 67.7 Å². The quantitative estimate of drug-likeness (QED) is 0.221. The molecule has 1 amide bonds. The van der Waals surface area contributed by atoms with Gasteiger partial charge in [-0.25, -0.2) is 4.98 Å². The van der Waals surface area contributed by atoms with Crippen LogP contribution < -0.4 is 24.5 Å². The van der Waals surface area contributed by atoms with Crippen molar-refractivity contribution in [3.8, 4) is 28.7 Å². The molecule has 5 rings (SSSR count). The van der Waals surface area contributed by atoms with Crippen LogP contribution in [0.15, 0.2) is 63.9 Å². The largest absolute Gasteiger partial charge is 0.497 e. The molecule has 0 saturated carbocycles. The zero-order valence-electron chi connectivity index (χ0n) is 23.6. The Bertz CT molecular complexity index is 1670. The first kappa shape index (κ1) is 28.5. The van der Waals surface area contributed by atoms with E-state index in [4.69, 9.17) is 23.9 Å². The van der Waals surface area contributed by atoms with Gasteiger partial charge in [-0.1, -0.05) is 26.0 Å². The number of fused-ring (bicyclic) bond motifs is 2. The Morgan fingerprint density at radius 2 is 1.80 bits per heavy atom. The lowest BCUT2D eigenvalue weighted by molar-refractivity contribution is 0.0671. The summed E-state index contributed by atoms with van der Waals surface area (Å²) in [7, 11) is 3.10. The Morgan fingerprint density at radius 3 is 2.54 bits per heavy atom. The zero-order chi connectivity index (χ0) is 29.3. The third kappa shape index (κ3) is 5.48. The molecule has 4 aromatic rings. The lowest BCUT2D eigenvalue weighted by Gasteiger charge is -2.31. The van der Waals surface area contributed by atoms with Gasteiger partial charge in [-0.3, -0.25) is 14.2 Å². The number of carbonyl (C=O) groups excluding carboxylic acids is 1. The maximum atomic E-state index is 14.1. The molecule has 41 heavy (non-hydrogen) atoms. The van der Waals surface area contributed by atoms with Crippen LogP contribution in [0, 0.1) is 5.92 Å². The Kier molecular flexibility index (Phi) is 8.21. The number of nitrogens with zero attached hydrogens (tertiary/aromatic N) is 3. The van der Waals surface area contributed by atoms with Gasteiger partial charge in [0.1, 0.15) is 17.3 Å². The van der Waals surface area contributed by atoms with Gasteiger partial charge in [0.15, 0.2) is 11.5 Å². The summed E-state index contributed by atoms with van der Waals surface area (Å²) < 4.78 is 24.2. The molecule has 0 bridgehead atoms. The molecule has 10 heteroatoms. The van der Waals surface area contributed by atoms with Crippen LogP contribution in [-0.2, 0) is 0 Å². The number of aromatic nitrogens is 2. The van der Waals surface area contributed by atoms with Crippen LogP contribution in [0.4, 0.5) is 0 Å². The minimum absolute atomic E-state index is 0.118. The van der Waals surface area contributed by atoms with Gasteiger partial charge < -0.3 is 23.8 Å². The van der Waals surface area contributed by atoms with Gasteiger partial charge in [-0.15, -0.1) is 0 Å². The number of rotatable bonds is 9. The number of methoxy groups -OCH3 is 2. The second-order valence-electron chi connectivity index (χ2n) is 10.2. The van der Waals surface area contributed by atoms with Crippen molar-refractivity contribution >= 4 is 32.7 Å². The van der Waals surface area contributed by atoms with Crippen LogP contribution in [-0.4, -0.2) is 47.9 Å². The van der Waals surface area contributed by atoms with E-state index in [1.165, 1.54) is 4.57 Å². The number of halogens is 1. The summed E-state index contributed by atoms with van der Waals surface area (Å²) in [5.41, 5.74) is 1.23. The number of carbonyl (C=O) groups is 1. The number of para-hydroxylation sites is 1. The highest BCUT2D eigenvalue weighted by atomic mass is 79.9. The van der Waals surface area contributed by atoms with Crippen LogP contribution in [0.5, 0.6) is 23.0 Å². The number of hydrogen-bond acceptors (Lipinski definition) is 7. The predicted octanol–water partition coefficient (Wildman–Crippen LogP) is 6.14. The molecule has 0 aliphatic carbocycles. The smallest absolute Gasteiger partial charge is 0.266 e. The van der Waals surface area contributed by atoms with E-state index in [0.717, 1.165) is 6.42 Å². The summed E-state index contributed by atoms with van der Waals surface area (Å²) in [6.07, 6.45) is 0.759. The van der Waals surface area contributed by atoms with E-state index in [9.17, 15) is 9.59 Å². The van der Waals surface area contributed by atoms with Crippen molar-refractivity contribution in [2.75, 3.05) is 27.6 Å². The molecule has 9 nitrogen and oxygen atoms in total. The molecule has 1 aliphatic rings. The number of amides is 1. The maximum absolute atomic E-state index is 14.1. The first-order valence-corrected chi connectivity index (χ1v) is 14.2. The van der Waals surface area contributed by atoms with Crippen LogP contribution in [0.2, 0.25) is 0 Å². The van der Waals surface area contributed by atoms with Crippen molar-refractivity contribution in [3.63, 3.8) is 0 Å². The highest BCUT2D eigenvalue weighted by Gasteiger charge is 2.30. The summed E-state index contributed by atoms with van der Waals surface area (Å²) in [6, 6.07) is 15.3. The van der Waals surface area contributed by atoms with Crippen molar-refractivity contribution in [1.82, 2.24) is 14.5 Å². The number of ether oxygens (including phenoxy) is 4. The standard InChI is InChI=1S/C31H32BrN3O6/c1-18(2)12-13-34(30(36)20-10-11-25-26(14-20)41-17-40-25)19(3)29-33-23-9-7-6-8-22(23)31(37)35(29)24-15-21(38-4)16-27(39-5)28(24)32/h6-11,14-16,18-19H,12-13,17H2,1-5H3. The second kappa shape index (κ2) is 11.8. The van der Waals surface area contributed by atoms with E-state index in [2.05, 4.69) is 29.8 Å². The van der Waals surface area contributed by atoms with Gasteiger partial charge >= 0.3 is 0 Å². The fraction of sp³-hybridized carbons (Fsp3) is 0.323. The van der Waals surface area contributed by atoms with Crippen molar-refractivity contribution in [1.29, 1.82) is 0 Å². The highest BCUT2D eigenvalue weighted by Crippen LogP contribution is 2.38. The summed E-state index contributed by atoms with van der Waals surface area (Å²) in [5, 5.41) is 0.452. The fourth-order valence-corrected chi connectivity index (χ4v) is 5.42. The molecule has 2 heterocycles. The first-order valence-electron chi connectivity index (χ1n) is 13.4. The van der Waals surface area contributed by atoms with Gasteiger partial charge in [0.25, 0.3) is 11.5 Å². The minimum Gasteiger partial charge on any atom is -0.497 e. The molecule has 1 aliphatic heterocycles. The number of hydrogen-bond donors (Lipinski definition) is 0. The summed E-state index contributed by atoms with van der Waals surface area (Å²) in [5.74, 6) is 2.68. The molecule has 0 fully saturated rings. The van der Waals surface area contributed by atoms with Crippen molar-refractivity contribution < 1.29 is 23.7 Å². The average molecular weight is 623 g/mol. The predicted molar refractivity (Wildman–Crippen MR) is 160 cm³/mol. The Labute approximate surface area is 246 Å². The van der Waals surface area contributed by atoms with Gasteiger partial charge in [0.2, 0.25) is 6.79 Å². The first-order chi connectivity index (χ1) is 19.7. The molecular weight excluding hydrogens is 590 g/mol. The van der Waals surface area contributed by atoms with Crippen molar-refractivity contribution in [3.05, 3.63) is 80.8 Å². The Hall–Kier alpha value is -4.05. The van der Waals surface area contributed by atoms with E-state index in [0.29, 0.717) is 67.9 Å². The van der Waals surface area contributed by atoms with Crippen LogP contribution in [0.1, 0.15) is 49.4 Å². The minimum atomic E-state index is -0.590. The van der Waals surface area contributed by atoms with E-state index in [-0.39, 0.29) is 18.3 Å². The van der Waals surface area contributed by atoms with E-state index >= 15 is 0 Å². The summed E-state index contributed by atoms with van der Waals surface area (Å²) in [6.45, 7) is 6.68. The molecule has 0 N–H and O–H groups in total. The fourth-order valence-electron chi connectivity index (χ4n) is 4.85. The van der Waals surface area contributed by atoms with Crippen LogP contribution >= 0.6 is 15.9 Å². The normalized spacial score (nSPS) is 13.0. The highest BCUT2D eigenvalue weighted by molar-refractivity contribution is 9.10. The van der Waals surface area contributed by atoms with Crippen molar-refractivity contribution in [2.45, 2.75) is 33.2 Å². The monoisotopic (exact) mass is 621 g/mol. The molecule has 214 valence electrons. The molecule has 0 spiro atoms. The average Bonchev–Trinajstić information content (AvgIpc) is 3.45. The van der Waals surface area contributed by atoms with Gasteiger partial charge in [0, 0.05) is 24.2 Å². The Morgan fingerprint density at radius 1 is 1.05 bits per heavy atom. The topological polar surface area (TPSA) is 92.1 Å². The molecular formula is C31H32BrN3O6. The lowest BCUT2D eigenvalue weighted by atomic mass is 10.1. The van der Waals surface area contributed by atoms with E-state index in [1.807, 2.05) is 13.0 Å². The van der Waals surface area contributed by atoms with Crippen molar-refractivity contribution in [2.24, 2.45) is 5.92 Å². The zero-order valence-corrected chi connectivity index (χ0v) is 25.2. The van der Waals surface area contributed by atoms with Gasteiger partial charge in [0.05, 0.1) is 41.3 Å². The molecule has 3 aromatic carbocycles. The molecule has 0 saturated heterocycles. The van der Waals surface area contributed by atoms with Crippen LogP contribution in [0.25, 0.3) is 16.6 Å². The van der Waals surface area contributed by atoms with Crippen LogP contribution in [0.3, 0.4) is 0 Å². The molecule has 1 unspecified atom stereocenters. The second-order valence-corrected chi connectivity index (χ2v) is 11.0. The number of benzene rings is 3. The van der Waals surface area contributed by atoms with E-state index < -0.39 is 6.04 Å². The third-order valence-corrected chi connectivity index (χ3v) is 7.96. The molecule has 1 atom stereocenters. The summed E-state index contributed by atoms with van der Waals surface area (Å²) in [4.78, 5) is 35.0. The maximum Gasteiger partial charge on any atom is 0.266 e. The van der Waals surface area contributed by atoms with Gasteiger partial charge in [-0.2, -0.15) is 0 Å².